The van der Waals surface area contributed by atoms with Crippen molar-refractivity contribution in [1.82, 2.24) is 0 Å². The maximum atomic E-state index is 13.2. The molecule has 280 valence electrons. The van der Waals surface area contributed by atoms with E-state index in [-0.39, 0.29) is 29.0 Å². The number of rotatable bonds is 25. The van der Waals surface area contributed by atoms with Crippen LogP contribution in [0.2, 0.25) is 0 Å². The summed E-state index contributed by atoms with van der Waals surface area (Å²) in [6.07, 6.45) is 11.2. The van der Waals surface area contributed by atoms with Gasteiger partial charge in [-0.05, 0) is 51.2 Å². The number of aliphatic carboxylic acids is 1. The molecule has 8 atom stereocenters. The van der Waals surface area contributed by atoms with Gasteiger partial charge in [0.15, 0.2) is 23.8 Å². The van der Waals surface area contributed by atoms with E-state index in [0.717, 1.165) is 18.4 Å². The van der Waals surface area contributed by atoms with E-state index in [1.165, 1.54) is 57.9 Å². The molecule has 8 unspecified atom stereocenters. The standard InChI is InChI=1S/C39H64O10/c1-10-11-12-13-14-15-16-17-18-25(3)33(41)26(4)19-24(2)20-27(5)34(42)28(6)21-29(7)35(43)30(8)22-31(9)39(48)49-32(23-40)36(44)37(45)38(46)47/h19-22,25-26,28,30,32-33,36-37,40-41,44-45H,10-18,23H2,1-9H3,(H,46,47)/b24-19+,27-20+,29-21+,31-22-. The number of carbonyl (C=O) groups is 4. The minimum atomic E-state index is -2.27. The summed E-state index contributed by atoms with van der Waals surface area (Å²) in [6, 6.07) is 0. The van der Waals surface area contributed by atoms with Crippen LogP contribution in [0.1, 0.15) is 120 Å². The molecule has 0 saturated carbocycles. The summed E-state index contributed by atoms with van der Waals surface area (Å²) >= 11 is 0. The van der Waals surface area contributed by atoms with Crippen molar-refractivity contribution in [2.75, 3.05) is 6.61 Å². The number of unbranched alkanes of at least 4 members (excludes halogenated alkanes) is 7. The van der Waals surface area contributed by atoms with Gasteiger partial charge in [-0.3, -0.25) is 9.59 Å². The van der Waals surface area contributed by atoms with Crippen LogP contribution in [0.3, 0.4) is 0 Å². The van der Waals surface area contributed by atoms with Crippen molar-refractivity contribution >= 4 is 23.5 Å². The van der Waals surface area contributed by atoms with Gasteiger partial charge in [-0.2, -0.15) is 0 Å². The summed E-state index contributed by atoms with van der Waals surface area (Å²) < 4.78 is 4.95. The Balaban J connectivity index is 5.24. The third kappa shape index (κ3) is 17.5. The first-order valence-electron chi connectivity index (χ1n) is 17.8. The van der Waals surface area contributed by atoms with Gasteiger partial charge in [0.25, 0.3) is 0 Å². The molecule has 0 spiro atoms. The number of carboxylic acids is 1. The summed E-state index contributed by atoms with van der Waals surface area (Å²) in [4.78, 5) is 49.6. The van der Waals surface area contributed by atoms with Gasteiger partial charge >= 0.3 is 11.9 Å². The molecule has 0 bridgehead atoms. The number of Topliss-reactive ketones (excluding diaryl/α,β-unsaturated/α-hetero) is 2. The van der Waals surface area contributed by atoms with Crippen LogP contribution in [-0.4, -0.2) is 80.1 Å². The van der Waals surface area contributed by atoms with Crippen LogP contribution in [-0.2, 0) is 23.9 Å². The fourth-order valence-corrected chi connectivity index (χ4v) is 5.83. The Morgan fingerprint density at radius 3 is 1.67 bits per heavy atom. The van der Waals surface area contributed by atoms with Crippen LogP contribution in [0.5, 0.6) is 0 Å². The summed E-state index contributed by atoms with van der Waals surface area (Å²) in [5.41, 5.74) is 1.68. The third-order valence-corrected chi connectivity index (χ3v) is 8.93. The number of ketones is 2. The molecule has 10 heteroatoms. The van der Waals surface area contributed by atoms with Gasteiger partial charge in [-0.15, -0.1) is 0 Å². The van der Waals surface area contributed by atoms with Gasteiger partial charge in [-0.1, -0.05) is 116 Å². The smallest absolute Gasteiger partial charge is 0.335 e. The van der Waals surface area contributed by atoms with E-state index in [1.54, 1.807) is 39.8 Å². The van der Waals surface area contributed by atoms with Crippen LogP contribution in [0, 0.1) is 23.7 Å². The van der Waals surface area contributed by atoms with Crippen molar-refractivity contribution in [1.29, 1.82) is 0 Å². The maximum Gasteiger partial charge on any atom is 0.335 e. The second-order valence-corrected chi connectivity index (χ2v) is 13.7. The van der Waals surface area contributed by atoms with Crippen molar-refractivity contribution in [3.63, 3.8) is 0 Å². The highest BCUT2D eigenvalue weighted by Crippen LogP contribution is 2.23. The molecule has 0 aromatic rings. The van der Waals surface area contributed by atoms with Gasteiger partial charge in [-0.25, -0.2) is 9.59 Å². The molecule has 0 amide bonds. The lowest BCUT2D eigenvalue weighted by Gasteiger charge is -2.23. The zero-order chi connectivity index (χ0) is 37.8. The Hall–Kier alpha value is -2.92. The average molecular weight is 693 g/mol. The van der Waals surface area contributed by atoms with Crippen molar-refractivity contribution in [2.24, 2.45) is 23.7 Å². The van der Waals surface area contributed by atoms with Crippen LogP contribution in [0.4, 0.5) is 0 Å². The van der Waals surface area contributed by atoms with Gasteiger partial charge in [0, 0.05) is 23.3 Å². The molecule has 0 aromatic heterocycles. The highest BCUT2D eigenvalue weighted by atomic mass is 16.6. The quantitative estimate of drug-likeness (QED) is 0.0327. The number of aliphatic hydroxyl groups excluding tert-OH is 4. The highest BCUT2D eigenvalue weighted by molar-refractivity contribution is 6.02. The van der Waals surface area contributed by atoms with E-state index in [2.05, 4.69) is 13.8 Å². The Morgan fingerprint density at radius 2 is 1.16 bits per heavy atom. The SMILES string of the molecule is CCCCCCCCCCC(C)C(O)C(C)/C=C(C)/C=C(\C)C(=O)C(C)/C=C(\C)C(=O)C(C)/C=C(/C)C(=O)OC(CO)C(O)C(O)C(=O)O. The summed E-state index contributed by atoms with van der Waals surface area (Å²) in [7, 11) is 0. The molecule has 0 aliphatic rings. The minimum Gasteiger partial charge on any atom is -0.479 e. The number of aliphatic hydroxyl groups is 4. The molecular weight excluding hydrogens is 628 g/mol. The van der Waals surface area contributed by atoms with Crippen molar-refractivity contribution in [3.8, 4) is 0 Å². The number of carbonyl (C=O) groups excluding carboxylic acids is 3. The molecule has 49 heavy (non-hydrogen) atoms. The van der Waals surface area contributed by atoms with E-state index in [0.29, 0.717) is 11.1 Å². The Bertz CT molecular complexity index is 1180. The first-order valence-corrected chi connectivity index (χ1v) is 17.8. The molecule has 0 aliphatic carbocycles. The molecule has 10 nitrogen and oxygen atoms in total. The van der Waals surface area contributed by atoms with E-state index in [1.807, 2.05) is 19.9 Å². The van der Waals surface area contributed by atoms with Gasteiger partial charge in [0.05, 0.1) is 12.7 Å². The van der Waals surface area contributed by atoms with E-state index in [4.69, 9.17) is 9.84 Å². The number of ether oxygens (including phenoxy) is 1. The van der Waals surface area contributed by atoms with Crippen LogP contribution < -0.4 is 0 Å². The molecular formula is C39H64O10. The molecule has 0 aliphatic heterocycles. The van der Waals surface area contributed by atoms with Gasteiger partial charge in [0.1, 0.15) is 6.10 Å². The Kier molecular flexibility index (Phi) is 22.8. The fourth-order valence-electron chi connectivity index (χ4n) is 5.83. The predicted octanol–water partition coefficient (Wildman–Crippen LogP) is 6.06. The Morgan fingerprint density at radius 1 is 0.673 bits per heavy atom. The average Bonchev–Trinajstić information content (AvgIpc) is 3.05. The predicted molar refractivity (Wildman–Crippen MR) is 192 cm³/mol. The normalized spacial score (nSPS) is 18.1. The lowest BCUT2D eigenvalue weighted by atomic mass is 9.88. The number of hydrogen-bond acceptors (Lipinski definition) is 9. The maximum absolute atomic E-state index is 13.2. The lowest BCUT2D eigenvalue weighted by molar-refractivity contribution is -0.171. The second kappa shape index (κ2) is 24.3. The number of allylic oxidation sites excluding steroid dienone is 6. The Labute approximate surface area is 294 Å². The molecule has 0 saturated heterocycles. The van der Waals surface area contributed by atoms with Crippen LogP contribution in [0.25, 0.3) is 0 Å². The molecule has 0 rings (SSSR count). The lowest BCUT2D eigenvalue weighted by Crippen LogP contribution is -2.46. The van der Waals surface area contributed by atoms with Crippen LogP contribution >= 0.6 is 0 Å². The molecule has 5 N–H and O–H groups in total. The van der Waals surface area contributed by atoms with Gasteiger partial charge in [0.2, 0.25) is 0 Å². The largest absolute Gasteiger partial charge is 0.479 e. The summed E-state index contributed by atoms with van der Waals surface area (Å²) in [5.74, 6) is -4.55. The molecule has 0 aromatic carbocycles. The van der Waals surface area contributed by atoms with Crippen LogP contribution in [0.15, 0.2) is 46.6 Å². The second-order valence-electron chi connectivity index (χ2n) is 13.7. The van der Waals surface area contributed by atoms with Gasteiger partial charge < -0.3 is 30.3 Å². The third-order valence-electron chi connectivity index (χ3n) is 8.93. The number of esters is 1. The molecule has 0 fully saturated rings. The monoisotopic (exact) mass is 692 g/mol. The summed E-state index contributed by atoms with van der Waals surface area (Å²) in [6.45, 7) is 15.2. The van der Waals surface area contributed by atoms with E-state index < -0.39 is 54.8 Å². The number of hydrogen-bond donors (Lipinski definition) is 5. The zero-order valence-corrected chi connectivity index (χ0v) is 31.3. The fraction of sp³-hybridized carbons (Fsp3) is 0.692. The first-order chi connectivity index (χ1) is 22.9. The van der Waals surface area contributed by atoms with E-state index >= 15 is 0 Å². The first kappa shape index (κ1) is 46.1. The van der Waals surface area contributed by atoms with E-state index in [9.17, 15) is 39.6 Å². The molecule has 0 heterocycles. The van der Waals surface area contributed by atoms with Crippen molar-refractivity contribution in [3.05, 3.63) is 46.6 Å². The highest BCUT2D eigenvalue weighted by Gasteiger charge is 2.34. The molecule has 0 radical (unpaired) electrons. The minimum absolute atomic E-state index is 0.0313. The topological polar surface area (TPSA) is 179 Å². The number of carboxylic acid groups (broad SMARTS) is 1. The van der Waals surface area contributed by atoms with Crippen molar-refractivity contribution < 1.29 is 49.4 Å². The zero-order valence-electron chi connectivity index (χ0n) is 31.3. The van der Waals surface area contributed by atoms with Crippen molar-refractivity contribution in [2.45, 2.75) is 145 Å². The summed E-state index contributed by atoms with van der Waals surface area (Å²) in [5, 5.41) is 48.5.